The van der Waals surface area contributed by atoms with Crippen LogP contribution in [-0.2, 0) is 25.2 Å². The predicted molar refractivity (Wildman–Crippen MR) is 157 cm³/mol. The summed E-state index contributed by atoms with van der Waals surface area (Å²) in [6.07, 6.45) is -6.22. The van der Waals surface area contributed by atoms with E-state index in [0.717, 1.165) is 18.2 Å². The Kier molecular flexibility index (Phi) is 8.09. The van der Waals surface area contributed by atoms with E-state index in [1.807, 2.05) is 0 Å². The van der Waals surface area contributed by atoms with Gasteiger partial charge in [0.15, 0.2) is 6.04 Å². The molecule has 15 heteroatoms. The first-order valence-corrected chi connectivity index (χ1v) is 15.5. The van der Waals surface area contributed by atoms with Gasteiger partial charge in [0, 0.05) is 24.6 Å². The van der Waals surface area contributed by atoms with E-state index in [1.165, 1.54) is 32.4 Å². The molecule has 1 fully saturated rings. The van der Waals surface area contributed by atoms with Crippen molar-refractivity contribution in [3.05, 3.63) is 82.4 Å². The minimum Gasteiger partial charge on any atom is -0.496 e. The molecule has 3 aromatic carbocycles. The summed E-state index contributed by atoms with van der Waals surface area (Å²) in [5.74, 6) is -2.17. The van der Waals surface area contributed by atoms with Crippen molar-refractivity contribution in [2.24, 2.45) is 0 Å². The third kappa shape index (κ3) is 5.09. The number of hydrogen-bond donors (Lipinski definition) is 2. The van der Waals surface area contributed by atoms with Gasteiger partial charge in [0.05, 0.1) is 35.9 Å². The van der Waals surface area contributed by atoms with Crippen molar-refractivity contribution < 1.29 is 50.2 Å². The van der Waals surface area contributed by atoms with E-state index < -0.39 is 61.0 Å². The number of benzene rings is 3. The summed E-state index contributed by atoms with van der Waals surface area (Å²) >= 11 is 6.49. The fourth-order valence-corrected chi connectivity index (χ4v) is 8.36. The molecule has 0 saturated carbocycles. The molecule has 1 saturated heterocycles. The number of sulfonamides is 1. The van der Waals surface area contributed by atoms with Crippen molar-refractivity contribution in [1.82, 2.24) is 5.32 Å². The molecule has 0 spiro atoms. The number of methoxy groups -OCH3 is 1. The van der Waals surface area contributed by atoms with Gasteiger partial charge in [-0.25, -0.2) is 8.42 Å². The summed E-state index contributed by atoms with van der Waals surface area (Å²) < 4.78 is 77.5. The zero-order valence-corrected chi connectivity index (χ0v) is 26.1. The molecule has 240 valence electrons. The lowest BCUT2D eigenvalue weighted by Crippen LogP contribution is -2.69. The molecular formula is C30H30ClF3N3O7S+. The zero-order valence-electron chi connectivity index (χ0n) is 24.6. The summed E-state index contributed by atoms with van der Waals surface area (Å²) in [6, 6.07) is 11.7. The summed E-state index contributed by atoms with van der Waals surface area (Å²) in [6.45, 7) is 1.60. The molecule has 10 nitrogen and oxygen atoms in total. The Hall–Kier alpha value is -3.85. The number of carbonyl (C=O) groups is 2. The lowest BCUT2D eigenvalue weighted by molar-refractivity contribution is -0.953. The van der Waals surface area contributed by atoms with E-state index in [1.54, 1.807) is 32.2 Å². The van der Waals surface area contributed by atoms with E-state index in [9.17, 15) is 31.5 Å². The minimum absolute atomic E-state index is 0.0567. The van der Waals surface area contributed by atoms with Crippen LogP contribution in [0.25, 0.3) is 0 Å². The Balaban J connectivity index is 1.87. The molecule has 0 aromatic heterocycles. The molecule has 2 aliphatic rings. The molecule has 0 radical (unpaired) electrons. The van der Waals surface area contributed by atoms with Crippen LogP contribution in [0, 0.1) is 6.92 Å². The standard InChI is InChI=1S/C30H29ClF3N3O7S/c1-17-8-11-26(43-4)23(12-17)29(37(3)16-19(38)14-25(37)27(39)35-2)22-13-18(31)9-10-24(22)36(28(29)40)45(41,42)21-7-5-6-20(15-21)44-30(32,33)34/h5-13,15,19,25,38H,14,16H2,1-4H3/p+1/t19-,25+,29?,37?/m1/s1. The van der Waals surface area contributed by atoms with E-state index in [2.05, 4.69) is 10.1 Å². The van der Waals surface area contributed by atoms with Gasteiger partial charge in [-0.3, -0.25) is 14.1 Å². The van der Waals surface area contributed by atoms with Crippen LogP contribution in [0.4, 0.5) is 18.9 Å². The number of ether oxygens (including phenoxy) is 2. The Bertz CT molecular complexity index is 1810. The number of aliphatic hydroxyl groups is 1. The highest BCUT2D eigenvalue weighted by molar-refractivity contribution is 7.93. The molecule has 3 aromatic rings. The first kappa shape index (κ1) is 32.5. The van der Waals surface area contributed by atoms with Crippen molar-refractivity contribution in [3.8, 4) is 11.5 Å². The second-order valence-corrected chi connectivity index (χ2v) is 13.4. The number of likely N-dealkylation sites (N-methyl/N-ethyl adjacent to an activating group) is 2. The van der Waals surface area contributed by atoms with Gasteiger partial charge < -0.3 is 19.9 Å². The highest BCUT2D eigenvalue weighted by Gasteiger charge is 2.72. The highest BCUT2D eigenvalue weighted by atomic mass is 35.5. The van der Waals surface area contributed by atoms with Gasteiger partial charge in [0.1, 0.15) is 24.1 Å². The van der Waals surface area contributed by atoms with Crippen LogP contribution >= 0.6 is 11.6 Å². The SMILES string of the molecule is CNC(=O)[C@@H]1C[C@@H](O)C[N+]1(C)C1(c2cc(C)ccc2OC)C(=O)N(S(=O)(=O)c2cccc(OC(F)(F)F)c2)c2ccc(Cl)cc21. The fraction of sp³-hybridized carbons (Fsp3) is 0.333. The summed E-state index contributed by atoms with van der Waals surface area (Å²) in [5.41, 5.74) is -1.22. The maximum atomic E-state index is 15.3. The molecule has 2 N–H and O–H groups in total. The molecule has 0 aliphatic carbocycles. The summed E-state index contributed by atoms with van der Waals surface area (Å²) in [7, 11) is -0.578. The number of anilines is 1. The van der Waals surface area contributed by atoms with E-state index in [0.29, 0.717) is 15.9 Å². The zero-order chi connectivity index (χ0) is 33.1. The van der Waals surface area contributed by atoms with Crippen molar-refractivity contribution in [2.75, 3.05) is 32.1 Å². The number of carbonyl (C=O) groups excluding carboxylic acids is 2. The first-order chi connectivity index (χ1) is 21.0. The number of fused-ring (bicyclic) bond motifs is 1. The Morgan fingerprint density at radius 2 is 1.84 bits per heavy atom. The van der Waals surface area contributed by atoms with Gasteiger partial charge in [-0.05, 0) is 49.4 Å². The number of likely N-dealkylation sites (tertiary alicyclic amines) is 1. The fourth-order valence-electron chi connectivity index (χ4n) is 6.69. The number of rotatable bonds is 7. The number of amides is 2. The van der Waals surface area contributed by atoms with Crippen molar-refractivity contribution in [3.63, 3.8) is 0 Å². The van der Waals surface area contributed by atoms with Crippen LogP contribution in [0.15, 0.2) is 65.6 Å². The third-order valence-corrected chi connectivity index (χ3v) is 10.4. The van der Waals surface area contributed by atoms with Crippen LogP contribution in [0.5, 0.6) is 11.5 Å². The van der Waals surface area contributed by atoms with Crippen LogP contribution < -0.4 is 19.1 Å². The average Bonchev–Trinajstić information content (AvgIpc) is 3.42. The lowest BCUT2D eigenvalue weighted by atomic mass is 9.78. The quantitative estimate of drug-likeness (QED) is 0.367. The van der Waals surface area contributed by atoms with Gasteiger partial charge in [0.2, 0.25) is 5.54 Å². The number of nitrogens with zero attached hydrogens (tertiary/aromatic N) is 2. The average molecular weight is 669 g/mol. The largest absolute Gasteiger partial charge is 0.573 e. The van der Waals surface area contributed by atoms with Gasteiger partial charge >= 0.3 is 12.3 Å². The molecular weight excluding hydrogens is 639 g/mol. The number of aliphatic hydroxyl groups excluding tert-OH is 1. The molecule has 4 atom stereocenters. The maximum absolute atomic E-state index is 15.3. The number of alkyl halides is 3. The van der Waals surface area contributed by atoms with Crippen molar-refractivity contribution >= 4 is 39.1 Å². The topological polar surface area (TPSA) is 122 Å². The normalized spacial score (nSPS) is 24.8. The van der Waals surface area contributed by atoms with E-state index >= 15 is 4.79 Å². The van der Waals surface area contributed by atoms with E-state index in [4.69, 9.17) is 16.3 Å². The molecule has 2 amide bonds. The monoisotopic (exact) mass is 668 g/mol. The Morgan fingerprint density at radius 3 is 2.49 bits per heavy atom. The van der Waals surface area contributed by atoms with Crippen LogP contribution in [0.1, 0.15) is 23.1 Å². The minimum atomic E-state index is -5.10. The Morgan fingerprint density at radius 1 is 1.13 bits per heavy atom. The number of nitrogens with one attached hydrogen (secondary N) is 1. The summed E-state index contributed by atoms with van der Waals surface area (Å²) in [5, 5.41) is 13.7. The van der Waals surface area contributed by atoms with Crippen molar-refractivity contribution in [2.45, 2.75) is 42.3 Å². The number of quaternary nitrogens is 1. The van der Waals surface area contributed by atoms with Crippen LogP contribution in [0.3, 0.4) is 0 Å². The van der Waals surface area contributed by atoms with Crippen LogP contribution in [-0.4, -0.2) is 76.1 Å². The van der Waals surface area contributed by atoms with Crippen LogP contribution in [0.2, 0.25) is 5.02 Å². The molecule has 2 unspecified atom stereocenters. The smallest absolute Gasteiger partial charge is 0.496 e. The molecule has 2 aliphatic heterocycles. The second-order valence-electron chi connectivity index (χ2n) is 11.1. The van der Waals surface area contributed by atoms with E-state index in [-0.39, 0.29) is 40.6 Å². The lowest BCUT2D eigenvalue weighted by Gasteiger charge is -2.48. The third-order valence-electron chi connectivity index (χ3n) is 8.47. The van der Waals surface area contributed by atoms with Crippen molar-refractivity contribution in [1.29, 1.82) is 0 Å². The van der Waals surface area contributed by atoms with Gasteiger partial charge in [-0.1, -0.05) is 29.3 Å². The number of hydrogen-bond acceptors (Lipinski definition) is 7. The first-order valence-electron chi connectivity index (χ1n) is 13.7. The second kappa shape index (κ2) is 11.2. The van der Waals surface area contributed by atoms with Gasteiger partial charge in [0.25, 0.3) is 15.9 Å². The molecule has 0 bridgehead atoms. The van der Waals surface area contributed by atoms with Gasteiger partial charge in [-0.2, -0.15) is 4.31 Å². The maximum Gasteiger partial charge on any atom is 0.573 e. The molecule has 45 heavy (non-hydrogen) atoms. The predicted octanol–water partition coefficient (Wildman–Crippen LogP) is 3.86. The summed E-state index contributed by atoms with van der Waals surface area (Å²) in [4.78, 5) is 28.0. The molecule has 2 heterocycles. The highest BCUT2D eigenvalue weighted by Crippen LogP contribution is 2.58. The number of aryl methyl sites for hydroxylation is 1. The molecule has 5 rings (SSSR count). The number of halogens is 4. The Labute approximate surface area is 262 Å². The van der Waals surface area contributed by atoms with Gasteiger partial charge in [-0.15, -0.1) is 13.2 Å².